The number of ether oxygens (including phenoxy) is 1. The number of hydrogen-bond donors (Lipinski definition) is 2. The Morgan fingerprint density at radius 3 is 2.63 bits per heavy atom. The lowest BCUT2D eigenvalue weighted by molar-refractivity contribution is -0.0593. The van der Waals surface area contributed by atoms with Gasteiger partial charge in [0.1, 0.15) is 0 Å². The highest BCUT2D eigenvalue weighted by Gasteiger charge is 2.30. The topological polar surface area (TPSA) is 50.5 Å². The van der Waals surface area contributed by atoms with Gasteiger partial charge in [0.25, 0.3) is 0 Å². The zero-order valence-electron chi connectivity index (χ0n) is 12.6. The fourth-order valence-corrected chi connectivity index (χ4v) is 3.52. The molecule has 2 unspecified atom stereocenters. The summed E-state index contributed by atoms with van der Waals surface area (Å²) in [6, 6.07) is 0.907. The lowest BCUT2D eigenvalue weighted by atomic mass is 9.83. The summed E-state index contributed by atoms with van der Waals surface area (Å²) >= 11 is 0. The van der Waals surface area contributed by atoms with Gasteiger partial charge in [-0.1, -0.05) is 32.1 Å². The molecular formula is C15H31N3O. The zero-order valence-corrected chi connectivity index (χ0v) is 12.6. The van der Waals surface area contributed by atoms with E-state index in [-0.39, 0.29) is 6.10 Å². The van der Waals surface area contributed by atoms with Crippen LogP contribution in [-0.4, -0.2) is 42.8 Å². The van der Waals surface area contributed by atoms with Gasteiger partial charge in [-0.3, -0.25) is 16.2 Å². The standard InChI is InChI=1S/C15H31N3O/c1-12(2)18-8-9-19-15(11-18)14(17-16)10-13-6-4-3-5-7-13/h12-15,17H,3-11,16H2,1-2H3. The Hall–Kier alpha value is -0.160. The van der Waals surface area contributed by atoms with Crippen LogP contribution in [0, 0.1) is 5.92 Å². The van der Waals surface area contributed by atoms with E-state index in [1.54, 1.807) is 0 Å². The van der Waals surface area contributed by atoms with Crippen LogP contribution < -0.4 is 11.3 Å². The van der Waals surface area contributed by atoms with E-state index in [1.165, 1.54) is 38.5 Å². The molecule has 0 spiro atoms. The molecule has 4 heteroatoms. The number of hydrogen-bond acceptors (Lipinski definition) is 4. The van der Waals surface area contributed by atoms with Crippen LogP contribution in [0.1, 0.15) is 52.4 Å². The third-order valence-electron chi connectivity index (χ3n) is 4.83. The lowest BCUT2D eigenvalue weighted by Crippen LogP contribution is -2.55. The second-order valence-corrected chi connectivity index (χ2v) is 6.51. The van der Waals surface area contributed by atoms with E-state index < -0.39 is 0 Å². The first-order chi connectivity index (χ1) is 9.20. The van der Waals surface area contributed by atoms with Gasteiger partial charge in [0.15, 0.2) is 0 Å². The van der Waals surface area contributed by atoms with E-state index in [9.17, 15) is 0 Å². The van der Waals surface area contributed by atoms with Gasteiger partial charge in [0.2, 0.25) is 0 Å². The number of nitrogens with zero attached hydrogens (tertiary/aromatic N) is 1. The van der Waals surface area contributed by atoms with Crippen LogP contribution in [0.25, 0.3) is 0 Å². The molecule has 2 atom stereocenters. The van der Waals surface area contributed by atoms with Crippen molar-refractivity contribution in [2.45, 2.75) is 70.6 Å². The zero-order chi connectivity index (χ0) is 13.7. The molecule has 2 rings (SSSR count). The van der Waals surface area contributed by atoms with Crippen molar-refractivity contribution in [2.75, 3.05) is 19.7 Å². The van der Waals surface area contributed by atoms with Gasteiger partial charge in [-0.15, -0.1) is 0 Å². The fourth-order valence-electron chi connectivity index (χ4n) is 3.52. The van der Waals surface area contributed by atoms with Gasteiger partial charge in [-0.25, -0.2) is 0 Å². The SMILES string of the molecule is CC(C)N1CCOC(C(CC2CCCCC2)NN)C1. The largest absolute Gasteiger partial charge is 0.374 e. The van der Waals surface area contributed by atoms with Crippen LogP contribution >= 0.6 is 0 Å². The Bertz CT molecular complexity index is 254. The summed E-state index contributed by atoms with van der Waals surface area (Å²) in [6.07, 6.45) is 8.38. The number of nitrogens with two attached hydrogens (primary N) is 1. The van der Waals surface area contributed by atoms with Crippen molar-refractivity contribution in [3.05, 3.63) is 0 Å². The minimum Gasteiger partial charge on any atom is -0.374 e. The second-order valence-electron chi connectivity index (χ2n) is 6.51. The first-order valence-corrected chi connectivity index (χ1v) is 8.02. The molecule has 2 aliphatic rings. The lowest BCUT2D eigenvalue weighted by Gasteiger charge is -2.40. The van der Waals surface area contributed by atoms with Gasteiger partial charge < -0.3 is 4.74 Å². The van der Waals surface area contributed by atoms with Crippen molar-refractivity contribution in [1.29, 1.82) is 0 Å². The van der Waals surface area contributed by atoms with Crippen LogP contribution in [-0.2, 0) is 4.74 Å². The number of nitrogens with one attached hydrogen (secondary N) is 1. The molecule has 2 fully saturated rings. The summed E-state index contributed by atoms with van der Waals surface area (Å²) in [5.41, 5.74) is 3.03. The van der Waals surface area contributed by atoms with Crippen LogP contribution in [0.3, 0.4) is 0 Å². The molecular weight excluding hydrogens is 238 g/mol. The molecule has 0 amide bonds. The molecule has 0 bridgehead atoms. The number of hydrazine groups is 1. The molecule has 1 saturated heterocycles. The van der Waals surface area contributed by atoms with E-state index in [0.29, 0.717) is 12.1 Å². The van der Waals surface area contributed by atoms with Crippen LogP contribution in [0.5, 0.6) is 0 Å². The highest BCUT2D eigenvalue weighted by atomic mass is 16.5. The monoisotopic (exact) mass is 269 g/mol. The van der Waals surface area contributed by atoms with Crippen LogP contribution in [0.2, 0.25) is 0 Å². The minimum absolute atomic E-state index is 0.253. The summed E-state index contributed by atoms with van der Waals surface area (Å²) in [7, 11) is 0. The molecule has 1 aliphatic heterocycles. The summed E-state index contributed by atoms with van der Waals surface area (Å²) < 4.78 is 5.97. The quantitative estimate of drug-likeness (QED) is 0.591. The van der Waals surface area contributed by atoms with Gasteiger partial charge in [0.05, 0.1) is 12.7 Å². The smallest absolute Gasteiger partial charge is 0.0868 e. The summed E-state index contributed by atoms with van der Waals surface area (Å²) in [5.74, 6) is 6.63. The van der Waals surface area contributed by atoms with E-state index in [4.69, 9.17) is 10.6 Å². The normalized spacial score (nSPS) is 28.7. The predicted octanol–water partition coefficient (Wildman–Crippen LogP) is 1.90. The molecule has 1 saturated carbocycles. The van der Waals surface area contributed by atoms with Gasteiger partial charge in [-0.05, 0) is 26.2 Å². The van der Waals surface area contributed by atoms with Crippen molar-refractivity contribution < 1.29 is 4.74 Å². The maximum Gasteiger partial charge on any atom is 0.0868 e. The first kappa shape index (κ1) is 15.2. The molecule has 3 N–H and O–H groups in total. The molecule has 112 valence electrons. The third kappa shape index (κ3) is 4.42. The Morgan fingerprint density at radius 1 is 1.26 bits per heavy atom. The average Bonchev–Trinajstić information content (AvgIpc) is 2.46. The summed E-state index contributed by atoms with van der Waals surface area (Å²) in [5, 5.41) is 0. The van der Waals surface area contributed by atoms with Crippen molar-refractivity contribution in [1.82, 2.24) is 10.3 Å². The second kappa shape index (κ2) is 7.58. The van der Waals surface area contributed by atoms with Crippen molar-refractivity contribution in [3.8, 4) is 0 Å². The van der Waals surface area contributed by atoms with E-state index in [0.717, 1.165) is 25.6 Å². The van der Waals surface area contributed by atoms with Gasteiger partial charge in [-0.2, -0.15) is 0 Å². The van der Waals surface area contributed by atoms with Crippen molar-refractivity contribution in [2.24, 2.45) is 11.8 Å². The van der Waals surface area contributed by atoms with Crippen molar-refractivity contribution in [3.63, 3.8) is 0 Å². The molecule has 19 heavy (non-hydrogen) atoms. The molecule has 0 aromatic carbocycles. The Labute approximate surface area is 118 Å². The van der Waals surface area contributed by atoms with Gasteiger partial charge in [0, 0.05) is 25.2 Å². The van der Waals surface area contributed by atoms with E-state index >= 15 is 0 Å². The molecule has 1 aliphatic carbocycles. The average molecular weight is 269 g/mol. The highest BCUT2D eigenvalue weighted by molar-refractivity contribution is 4.85. The summed E-state index contributed by atoms with van der Waals surface area (Å²) in [6.45, 7) is 7.42. The Kier molecular flexibility index (Phi) is 6.07. The van der Waals surface area contributed by atoms with Crippen molar-refractivity contribution >= 4 is 0 Å². The Morgan fingerprint density at radius 2 is 2.00 bits per heavy atom. The first-order valence-electron chi connectivity index (χ1n) is 8.02. The maximum atomic E-state index is 5.97. The van der Waals surface area contributed by atoms with Crippen LogP contribution in [0.15, 0.2) is 0 Å². The molecule has 0 radical (unpaired) electrons. The molecule has 4 nitrogen and oxygen atoms in total. The predicted molar refractivity (Wildman–Crippen MR) is 78.8 cm³/mol. The molecule has 0 aromatic rings. The summed E-state index contributed by atoms with van der Waals surface area (Å²) in [4.78, 5) is 2.50. The molecule has 1 heterocycles. The third-order valence-corrected chi connectivity index (χ3v) is 4.83. The maximum absolute atomic E-state index is 5.97. The fraction of sp³-hybridized carbons (Fsp3) is 1.00. The van der Waals surface area contributed by atoms with E-state index in [1.807, 2.05) is 0 Å². The van der Waals surface area contributed by atoms with E-state index in [2.05, 4.69) is 24.2 Å². The van der Waals surface area contributed by atoms with Crippen LogP contribution in [0.4, 0.5) is 0 Å². The number of rotatable bonds is 5. The Balaban J connectivity index is 1.85. The molecule has 0 aromatic heterocycles. The van der Waals surface area contributed by atoms with Gasteiger partial charge >= 0.3 is 0 Å². The number of morpholine rings is 1. The highest BCUT2D eigenvalue weighted by Crippen LogP contribution is 2.28. The minimum atomic E-state index is 0.253.